The van der Waals surface area contributed by atoms with Gasteiger partial charge in [0.25, 0.3) is 21.8 Å². The molecule has 5 aromatic rings. The topological polar surface area (TPSA) is 125 Å². The Hall–Kier alpha value is -4.68. The summed E-state index contributed by atoms with van der Waals surface area (Å²) in [5.41, 5.74) is 5.06. The van der Waals surface area contributed by atoms with E-state index in [1.807, 2.05) is 36.1 Å². The first kappa shape index (κ1) is 40.0. The highest BCUT2D eigenvalue weighted by Gasteiger charge is 2.32. The van der Waals surface area contributed by atoms with Gasteiger partial charge in [-0.15, -0.1) is 0 Å². The van der Waals surface area contributed by atoms with Gasteiger partial charge in [0.05, 0.1) is 28.8 Å². The van der Waals surface area contributed by atoms with Gasteiger partial charge in [-0.05, 0) is 103 Å². The summed E-state index contributed by atoms with van der Waals surface area (Å²) in [6.07, 6.45) is 4.10. The molecule has 10 nitrogen and oxygen atoms in total. The van der Waals surface area contributed by atoms with Crippen LogP contribution < -0.4 is 4.72 Å². The smallest absolute Gasteiger partial charge is 0.274 e. The molecule has 1 aliphatic heterocycles. The fraction of sp³-hybridized carbons (Fsp3) is 0.310. The number of nitrogens with one attached hydrogen (secondary N) is 1. The second kappa shape index (κ2) is 17.4. The van der Waals surface area contributed by atoms with Crippen molar-refractivity contribution in [3.63, 3.8) is 0 Å². The molecule has 1 atom stereocenters. The van der Waals surface area contributed by atoms with E-state index >= 15 is 0 Å². The lowest BCUT2D eigenvalue weighted by molar-refractivity contribution is 0.0544. The van der Waals surface area contributed by atoms with E-state index in [9.17, 15) is 23.1 Å². The van der Waals surface area contributed by atoms with Crippen molar-refractivity contribution in [2.75, 3.05) is 24.4 Å². The fourth-order valence-electron chi connectivity index (χ4n) is 6.86. The third kappa shape index (κ3) is 9.07. The van der Waals surface area contributed by atoms with E-state index in [2.05, 4.69) is 18.6 Å². The van der Waals surface area contributed by atoms with Crippen LogP contribution in [0.4, 0.5) is 5.69 Å². The molecule has 0 bridgehead atoms. The third-order valence-electron chi connectivity index (χ3n) is 9.85. The highest BCUT2D eigenvalue weighted by Crippen LogP contribution is 2.31. The van der Waals surface area contributed by atoms with Gasteiger partial charge in [0.1, 0.15) is 0 Å². The van der Waals surface area contributed by atoms with Crippen molar-refractivity contribution in [2.24, 2.45) is 0 Å². The fourth-order valence-corrected chi connectivity index (χ4v) is 8.43. The number of aryl methyl sites for hydroxylation is 1. The van der Waals surface area contributed by atoms with Crippen molar-refractivity contribution in [3.05, 3.63) is 129 Å². The summed E-state index contributed by atoms with van der Waals surface area (Å²) in [4.78, 5) is 31.9. The number of sulfonamides is 1. The highest BCUT2D eigenvalue weighted by atomic mass is 35.5. The van der Waals surface area contributed by atoms with Crippen molar-refractivity contribution < 1.29 is 23.1 Å². The summed E-state index contributed by atoms with van der Waals surface area (Å²) in [5, 5.41) is 16.1. The van der Waals surface area contributed by atoms with Crippen molar-refractivity contribution >= 4 is 50.7 Å². The SMILES string of the molecule is CCCCN(CCCC)C(=O)c1cc(C)n(-c2ccc(NS(=O)(=O)c3ccc(-c4cc(Cl)cc(Cl)c4)cc3)cc2C(=O)N2Cc3ccccc3C[C@H]2CO)n1. The van der Waals surface area contributed by atoms with E-state index in [0.717, 1.165) is 47.9 Å². The number of amides is 2. The monoisotopic (exact) mass is 801 g/mol. The largest absolute Gasteiger partial charge is 0.394 e. The Morgan fingerprint density at radius 1 is 0.873 bits per heavy atom. The van der Waals surface area contributed by atoms with Gasteiger partial charge in [0.2, 0.25) is 0 Å². The van der Waals surface area contributed by atoms with Crippen LogP contribution in [0.25, 0.3) is 16.8 Å². The minimum Gasteiger partial charge on any atom is -0.394 e. The first-order valence-corrected chi connectivity index (χ1v) is 20.7. The van der Waals surface area contributed by atoms with Crippen LogP contribution in [0.1, 0.15) is 77.2 Å². The number of hydrogen-bond donors (Lipinski definition) is 2. The number of unbranched alkanes of at least 4 members (excludes halogenated alkanes) is 2. The second-order valence-corrected chi connectivity index (χ2v) is 16.4. The number of carbonyl (C=O) groups is 2. The van der Waals surface area contributed by atoms with Crippen LogP contribution in [0.15, 0.2) is 95.9 Å². The number of aromatic nitrogens is 2. The number of hydrogen-bond acceptors (Lipinski definition) is 6. The maximum Gasteiger partial charge on any atom is 0.274 e. The van der Waals surface area contributed by atoms with E-state index in [0.29, 0.717) is 40.9 Å². The van der Waals surface area contributed by atoms with Crippen molar-refractivity contribution in [2.45, 2.75) is 70.4 Å². The van der Waals surface area contributed by atoms with Gasteiger partial charge in [-0.2, -0.15) is 5.10 Å². The Morgan fingerprint density at radius 2 is 1.53 bits per heavy atom. The minimum atomic E-state index is -4.11. The van der Waals surface area contributed by atoms with Gasteiger partial charge >= 0.3 is 0 Å². The molecule has 0 radical (unpaired) electrons. The number of anilines is 1. The summed E-state index contributed by atoms with van der Waals surface area (Å²) < 4.78 is 31.7. The molecule has 55 heavy (non-hydrogen) atoms. The van der Waals surface area contributed by atoms with Crippen LogP contribution in [0.3, 0.4) is 0 Å². The van der Waals surface area contributed by atoms with E-state index in [1.54, 1.807) is 58.1 Å². The number of benzene rings is 4. The first-order chi connectivity index (χ1) is 26.4. The molecule has 2 amide bonds. The average molecular weight is 803 g/mol. The maximum absolute atomic E-state index is 14.7. The molecule has 0 fully saturated rings. The van der Waals surface area contributed by atoms with Crippen LogP contribution in [0, 0.1) is 6.92 Å². The molecule has 0 unspecified atom stereocenters. The number of fused-ring (bicyclic) bond motifs is 1. The third-order valence-corrected chi connectivity index (χ3v) is 11.7. The van der Waals surface area contributed by atoms with Gasteiger partial charge in [-0.1, -0.05) is 86.3 Å². The van der Waals surface area contributed by atoms with E-state index in [1.165, 1.54) is 18.2 Å². The first-order valence-electron chi connectivity index (χ1n) is 18.5. The molecule has 0 saturated heterocycles. The molecule has 1 aliphatic rings. The number of aliphatic hydroxyl groups is 1. The van der Waals surface area contributed by atoms with Gasteiger partial charge in [-0.3, -0.25) is 14.3 Å². The van der Waals surface area contributed by atoms with Crippen LogP contribution in [-0.4, -0.2) is 70.7 Å². The lowest BCUT2D eigenvalue weighted by Gasteiger charge is -2.36. The molecule has 0 aliphatic carbocycles. The van der Waals surface area contributed by atoms with Gasteiger partial charge in [0, 0.05) is 41.1 Å². The molecular weight excluding hydrogens is 757 g/mol. The zero-order chi connectivity index (χ0) is 39.3. The van der Waals surface area contributed by atoms with E-state index in [-0.39, 0.29) is 40.9 Å². The highest BCUT2D eigenvalue weighted by molar-refractivity contribution is 7.92. The molecule has 2 heterocycles. The molecule has 4 aromatic carbocycles. The Bertz CT molecular complexity index is 2270. The molecule has 288 valence electrons. The predicted octanol–water partition coefficient (Wildman–Crippen LogP) is 8.56. The van der Waals surface area contributed by atoms with Crippen LogP contribution in [0.2, 0.25) is 10.0 Å². The zero-order valence-corrected chi connectivity index (χ0v) is 33.5. The lowest BCUT2D eigenvalue weighted by atomic mass is 9.93. The molecule has 13 heteroatoms. The maximum atomic E-state index is 14.7. The number of halogens is 2. The zero-order valence-electron chi connectivity index (χ0n) is 31.1. The number of rotatable bonds is 14. The standard InChI is InChI=1S/C42H45Cl2N5O5S/c1-4-6-18-47(19-7-5-2)42(52)39-20-28(3)49(45-39)40-17-14-35(25-38(40)41(51)48-26-31-11-9-8-10-30(31)23-36(48)27-50)46-55(53,54)37-15-12-29(13-16-37)32-21-33(43)24-34(44)22-32/h8-17,20-22,24-25,36,46,50H,4-7,18-19,23,26-27H2,1-3H3/t36-/m0/s1. The number of nitrogens with zero attached hydrogens (tertiary/aromatic N) is 4. The van der Waals surface area contributed by atoms with Gasteiger partial charge in [0.15, 0.2) is 5.69 Å². The number of carbonyl (C=O) groups excluding carboxylic acids is 2. The minimum absolute atomic E-state index is 0.0103. The van der Waals surface area contributed by atoms with Crippen LogP contribution in [0.5, 0.6) is 0 Å². The molecule has 0 spiro atoms. The molecule has 2 N–H and O–H groups in total. The quantitative estimate of drug-likeness (QED) is 0.116. The van der Waals surface area contributed by atoms with E-state index in [4.69, 9.17) is 28.3 Å². The van der Waals surface area contributed by atoms with Gasteiger partial charge < -0.3 is 14.9 Å². The molecule has 0 saturated carbocycles. The lowest BCUT2D eigenvalue weighted by Crippen LogP contribution is -2.46. The van der Waals surface area contributed by atoms with Crippen molar-refractivity contribution in [1.29, 1.82) is 0 Å². The summed E-state index contributed by atoms with van der Waals surface area (Å²) in [6.45, 7) is 7.22. The Labute approximate surface area is 332 Å². The Kier molecular flexibility index (Phi) is 12.7. The van der Waals surface area contributed by atoms with Crippen molar-refractivity contribution in [3.8, 4) is 16.8 Å². The predicted molar refractivity (Wildman–Crippen MR) is 218 cm³/mol. The summed E-state index contributed by atoms with van der Waals surface area (Å²) in [6, 6.07) is 25.1. The normalized spacial score (nSPS) is 14.1. The summed E-state index contributed by atoms with van der Waals surface area (Å²) in [5.74, 6) is -0.595. The van der Waals surface area contributed by atoms with Crippen LogP contribution in [-0.2, 0) is 23.0 Å². The molecule has 6 rings (SSSR count). The summed E-state index contributed by atoms with van der Waals surface area (Å²) in [7, 11) is -4.11. The second-order valence-electron chi connectivity index (χ2n) is 13.8. The summed E-state index contributed by atoms with van der Waals surface area (Å²) >= 11 is 12.4. The van der Waals surface area contributed by atoms with Gasteiger partial charge in [-0.25, -0.2) is 13.1 Å². The average Bonchev–Trinajstić information content (AvgIpc) is 3.57. The molecule has 1 aromatic heterocycles. The van der Waals surface area contributed by atoms with Crippen molar-refractivity contribution in [1.82, 2.24) is 19.6 Å². The number of aliphatic hydroxyl groups excluding tert-OH is 1. The van der Waals surface area contributed by atoms with E-state index < -0.39 is 22.0 Å². The van der Waals surface area contributed by atoms with Crippen LogP contribution >= 0.6 is 23.2 Å². The Morgan fingerprint density at radius 3 is 2.16 bits per heavy atom. The molecular formula is C42H45Cl2N5O5S. The Balaban J connectivity index is 1.37.